The summed E-state index contributed by atoms with van der Waals surface area (Å²) in [6, 6.07) is 11.7. The van der Waals surface area contributed by atoms with Crippen molar-refractivity contribution in [3.8, 4) is 0 Å². The van der Waals surface area contributed by atoms with Gasteiger partial charge in [-0.25, -0.2) is 0 Å². The summed E-state index contributed by atoms with van der Waals surface area (Å²) in [5, 5.41) is 0. The topological polar surface area (TPSA) is 17.1 Å². The van der Waals surface area contributed by atoms with Gasteiger partial charge < -0.3 is 0 Å². The number of carbonyl (C=O) groups excluding carboxylic acids is 1. The van der Waals surface area contributed by atoms with Crippen molar-refractivity contribution in [3.63, 3.8) is 0 Å². The highest BCUT2D eigenvalue weighted by molar-refractivity contribution is 6.09. The van der Waals surface area contributed by atoms with Gasteiger partial charge in [0.1, 0.15) is 0 Å². The molecule has 0 fully saturated rings. The number of hydrogen-bond donors (Lipinski definition) is 0. The van der Waals surface area contributed by atoms with Gasteiger partial charge in [0.15, 0.2) is 5.78 Å². The molecule has 0 aromatic heterocycles. The van der Waals surface area contributed by atoms with E-state index in [0.29, 0.717) is 0 Å². The third-order valence-corrected chi connectivity index (χ3v) is 3.54. The maximum absolute atomic E-state index is 12.4. The van der Waals surface area contributed by atoms with Gasteiger partial charge in [-0.3, -0.25) is 4.79 Å². The maximum Gasteiger partial charge on any atom is 0.193 e. The third-order valence-electron chi connectivity index (χ3n) is 3.54. The normalized spacial score (nSPS) is 9.70. The average Bonchev–Trinajstić information content (AvgIpc) is 2.46. The minimum absolute atomic E-state index is 0.0983. The van der Waals surface area contributed by atoms with E-state index in [1.807, 2.05) is 64.1 Å². The minimum Gasteiger partial charge on any atom is -0.289 e. The van der Waals surface area contributed by atoms with E-state index >= 15 is 0 Å². The van der Waals surface area contributed by atoms with Crippen LogP contribution >= 0.6 is 0 Å². The van der Waals surface area contributed by atoms with E-state index in [4.69, 9.17) is 0 Å². The van der Waals surface area contributed by atoms with Crippen molar-refractivity contribution in [2.45, 2.75) is 41.5 Å². The van der Waals surface area contributed by atoms with Crippen LogP contribution in [-0.2, 0) is 0 Å². The van der Waals surface area contributed by atoms with Crippen molar-refractivity contribution >= 4 is 5.78 Å². The van der Waals surface area contributed by atoms with Crippen molar-refractivity contribution in [3.05, 3.63) is 69.8 Å². The Hall–Kier alpha value is -1.89. The monoisotopic (exact) mass is 268 g/mol. The molecule has 0 amide bonds. The van der Waals surface area contributed by atoms with E-state index in [0.717, 1.165) is 22.3 Å². The average molecular weight is 268 g/mol. The summed E-state index contributed by atoms with van der Waals surface area (Å²) in [5.74, 6) is 0.0983. The lowest BCUT2D eigenvalue weighted by Gasteiger charge is -2.07. The third kappa shape index (κ3) is 3.57. The Labute approximate surface area is 122 Å². The van der Waals surface area contributed by atoms with Crippen LogP contribution < -0.4 is 0 Å². The first-order valence-electron chi connectivity index (χ1n) is 7.18. The highest BCUT2D eigenvalue weighted by Gasteiger charge is 2.10. The second-order valence-corrected chi connectivity index (χ2v) is 4.93. The van der Waals surface area contributed by atoms with E-state index in [9.17, 15) is 4.79 Å². The van der Waals surface area contributed by atoms with Gasteiger partial charge in [0.2, 0.25) is 0 Å². The highest BCUT2D eigenvalue weighted by Crippen LogP contribution is 2.16. The molecular formula is C19H24O. The molecule has 2 aromatic rings. The summed E-state index contributed by atoms with van der Waals surface area (Å²) in [4.78, 5) is 12.4. The highest BCUT2D eigenvalue weighted by atomic mass is 16.1. The molecule has 0 spiro atoms. The van der Waals surface area contributed by atoms with Gasteiger partial charge in [0.25, 0.3) is 0 Å². The van der Waals surface area contributed by atoms with Crippen LogP contribution in [0.4, 0.5) is 0 Å². The van der Waals surface area contributed by atoms with Gasteiger partial charge in [0.05, 0.1) is 0 Å². The fourth-order valence-electron chi connectivity index (χ4n) is 1.93. The first-order chi connectivity index (χ1) is 9.49. The molecule has 20 heavy (non-hydrogen) atoms. The zero-order valence-electron chi connectivity index (χ0n) is 13.4. The molecule has 0 heterocycles. The van der Waals surface area contributed by atoms with Crippen LogP contribution in [0, 0.1) is 27.7 Å². The summed E-state index contributed by atoms with van der Waals surface area (Å²) >= 11 is 0. The fraction of sp³-hybridized carbons (Fsp3) is 0.316. The predicted octanol–water partition coefficient (Wildman–Crippen LogP) is 5.18. The Balaban J connectivity index is 0.000000956. The summed E-state index contributed by atoms with van der Waals surface area (Å²) < 4.78 is 0. The molecule has 0 aliphatic heterocycles. The molecule has 2 rings (SSSR count). The van der Waals surface area contributed by atoms with Gasteiger partial charge in [-0.2, -0.15) is 0 Å². The zero-order valence-corrected chi connectivity index (χ0v) is 13.4. The lowest BCUT2D eigenvalue weighted by Crippen LogP contribution is -2.03. The summed E-state index contributed by atoms with van der Waals surface area (Å²) in [5.41, 5.74) is 6.27. The molecule has 0 radical (unpaired) electrons. The first kappa shape index (κ1) is 16.2. The lowest BCUT2D eigenvalue weighted by molar-refractivity contribution is 0.103. The lowest BCUT2D eigenvalue weighted by atomic mass is 9.97. The minimum atomic E-state index is 0.0983. The Morgan fingerprint density at radius 3 is 1.30 bits per heavy atom. The second kappa shape index (κ2) is 7.04. The summed E-state index contributed by atoms with van der Waals surface area (Å²) in [6.07, 6.45) is 0. The molecule has 0 aliphatic carbocycles. The number of aryl methyl sites for hydroxylation is 4. The van der Waals surface area contributed by atoms with E-state index in [1.54, 1.807) is 0 Å². The van der Waals surface area contributed by atoms with Gasteiger partial charge in [-0.05, 0) is 62.1 Å². The molecule has 0 unspecified atom stereocenters. The Bertz CT molecular complexity index is 556. The fourth-order valence-corrected chi connectivity index (χ4v) is 1.93. The number of ketones is 1. The standard InChI is InChI=1S/C17H18O.C2H6/c1-11-5-7-15(9-13(11)3)17(18)16-8-6-12(2)14(4)10-16;1-2/h5-10H,1-4H3;1-2H3. The Morgan fingerprint density at radius 1 is 0.650 bits per heavy atom. The molecule has 0 saturated heterocycles. The molecule has 1 heteroatoms. The van der Waals surface area contributed by atoms with Crippen LogP contribution in [0.15, 0.2) is 36.4 Å². The van der Waals surface area contributed by atoms with Crippen LogP contribution in [0.2, 0.25) is 0 Å². The van der Waals surface area contributed by atoms with Crippen molar-refractivity contribution in [1.29, 1.82) is 0 Å². The molecule has 0 aliphatic rings. The van der Waals surface area contributed by atoms with Gasteiger partial charge in [-0.15, -0.1) is 0 Å². The van der Waals surface area contributed by atoms with E-state index in [1.165, 1.54) is 11.1 Å². The van der Waals surface area contributed by atoms with Crippen molar-refractivity contribution in [2.75, 3.05) is 0 Å². The van der Waals surface area contributed by atoms with Gasteiger partial charge in [0, 0.05) is 11.1 Å². The molecule has 0 bridgehead atoms. The molecule has 106 valence electrons. The molecule has 0 atom stereocenters. The quantitative estimate of drug-likeness (QED) is 0.686. The summed E-state index contributed by atoms with van der Waals surface area (Å²) in [6.45, 7) is 12.2. The molecular weight excluding hydrogens is 244 g/mol. The van der Waals surface area contributed by atoms with Crippen LogP contribution in [0.1, 0.15) is 52.0 Å². The van der Waals surface area contributed by atoms with E-state index in [2.05, 4.69) is 13.8 Å². The van der Waals surface area contributed by atoms with Gasteiger partial charge >= 0.3 is 0 Å². The van der Waals surface area contributed by atoms with Crippen LogP contribution in [0.25, 0.3) is 0 Å². The zero-order chi connectivity index (χ0) is 15.3. The van der Waals surface area contributed by atoms with Gasteiger partial charge in [-0.1, -0.05) is 38.1 Å². The summed E-state index contributed by atoms with van der Waals surface area (Å²) in [7, 11) is 0. The Morgan fingerprint density at radius 2 is 1.00 bits per heavy atom. The molecule has 1 nitrogen and oxygen atoms in total. The van der Waals surface area contributed by atoms with Crippen molar-refractivity contribution in [1.82, 2.24) is 0 Å². The van der Waals surface area contributed by atoms with E-state index in [-0.39, 0.29) is 5.78 Å². The molecule has 2 aromatic carbocycles. The largest absolute Gasteiger partial charge is 0.289 e. The SMILES string of the molecule is CC.Cc1ccc(C(=O)c2ccc(C)c(C)c2)cc1C. The van der Waals surface area contributed by atoms with Crippen LogP contribution in [-0.4, -0.2) is 5.78 Å². The van der Waals surface area contributed by atoms with Crippen LogP contribution in [0.5, 0.6) is 0 Å². The maximum atomic E-state index is 12.4. The molecule has 0 N–H and O–H groups in total. The van der Waals surface area contributed by atoms with E-state index < -0.39 is 0 Å². The number of carbonyl (C=O) groups is 1. The number of benzene rings is 2. The molecule has 0 saturated carbocycles. The van der Waals surface area contributed by atoms with Crippen molar-refractivity contribution < 1.29 is 4.79 Å². The number of hydrogen-bond acceptors (Lipinski definition) is 1. The smallest absolute Gasteiger partial charge is 0.193 e. The van der Waals surface area contributed by atoms with Crippen molar-refractivity contribution in [2.24, 2.45) is 0 Å². The number of rotatable bonds is 2. The van der Waals surface area contributed by atoms with Crippen LogP contribution in [0.3, 0.4) is 0 Å². The first-order valence-corrected chi connectivity index (χ1v) is 7.18. The Kier molecular flexibility index (Phi) is 5.69. The second-order valence-electron chi connectivity index (χ2n) is 4.93. The predicted molar refractivity (Wildman–Crippen MR) is 86.6 cm³/mol.